The van der Waals surface area contributed by atoms with Crippen molar-refractivity contribution in [2.75, 3.05) is 0 Å². The van der Waals surface area contributed by atoms with Crippen molar-refractivity contribution < 1.29 is 14.7 Å². The van der Waals surface area contributed by atoms with Gasteiger partial charge in [0.05, 0.1) is 5.41 Å². The maximum atomic E-state index is 11.7. The number of hydrogen-bond donors (Lipinski definition) is 1. The molecule has 0 spiro atoms. The molecule has 3 nitrogen and oxygen atoms in total. The van der Waals surface area contributed by atoms with E-state index in [0.29, 0.717) is 12.3 Å². The van der Waals surface area contributed by atoms with Crippen LogP contribution in [0.4, 0.5) is 0 Å². The SMILES string of the molecule is CC[C@H]1[C@@H]2CCC3=CC(=O)CCC3=C2C=C[C@]1(C)C(=O)O. The molecule has 0 unspecified atom stereocenters. The molecule has 112 valence electrons. The van der Waals surface area contributed by atoms with Gasteiger partial charge in [-0.1, -0.05) is 25.5 Å². The van der Waals surface area contributed by atoms with Gasteiger partial charge >= 0.3 is 5.97 Å². The highest BCUT2D eigenvalue weighted by Crippen LogP contribution is 2.51. The first-order valence-electron chi connectivity index (χ1n) is 7.86. The van der Waals surface area contributed by atoms with Gasteiger partial charge in [-0.2, -0.15) is 0 Å². The normalized spacial score (nSPS) is 35.1. The average molecular weight is 286 g/mol. The number of ketones is 1. The fourth-order valence-electron chi connectivity index (χ4n) is 4.39. The number of hydrogen-bond acceptors (Lipinski definition) is 2. The number of carboxylic acids is 1. The van der Waals surface area contributed by atoms with E-state index in [1.165, 1.54) is 16.7 Å². The van der Waals surface area contributed by atoms with Crippen LogP contribution in [0.25, 0.3) is 0 Å². The first kappa shape index (κ1) is 14.3. The zero-order chi connectivity index (χ0) is 15.2. The lowest BCUT2D eigenvalue weighted by Crippen LogP contribution is -2.42. The van der Waals surface area contributed by atoms with Crippen LogP contribution in [-0.4, -0.2) is 16.9 Å². The zero-order valence-corrected chi connectivity index (χ0v) is 12.7. The number of carboxylic acid groups (broad SMARTS) is 1. The lowest BCUT2D eigenvalue weighted by atomic mass is 9.59. The standard InChI is InChI=1S/C18H22O3/c1-3-16-15-6-4-11-10-12(19)5-7-13(11)14(15)8-9-18(16,2)17(20)21/h8-10,15-16H,3-7H2,1-2H3,(H,20,21)/t15-,16+,18+/m1/s1. The Kier molecular flexibility index (Phi) is 3.39. The molecule has 0 aromatic carbocycles. The fourth-order valence-corrected chi connectivity index (χ4v) is 4.39. The van der Waals surface area contributed by atoms with Crippen LogP contribution in [0.1, 0.15) is 46.0 Å². The van der Waals surface area contributed by atoms with Gasteiger partial charge in [-0.15, -0.1) is 0 Å². The second-order valence-electron chi connectivity index (χ2n) is 6.65. The van der Waals surface area contributed by atoms with Gasteiger partial charge in [0.2, 0.25) is 0 Å². The molecule has 0 bridgehead atoms. The van der Waals surface area contributed by atoms with Crippen LogP contribution in [0.15, 0.2) is 34.9 Å². The number of rotatable bonds is 2. The zero-order valence-electron chi connectivity index (χ0n) is 12.7. The molecule has 0 saturated heterocycles. The summed E-state index contributed by atoms with van der Waals surface area (Å²) in [6.07, 6.45) is 9.87. The van der Waals surface area contributed by atoms with Crippen molar-refractivity contribution in [3.63, 3.8) is 0 Å². The van der Waals surface area contributed by atoms with E-state index in [2.05, 4.69) is 6.92 Å². The minimum Gasteiger partial charge on any atom is -0.481 e. The Labute approximate surface area is 125 Å². The first-order chi connectivity index (χ1) is 9.97. The molecule has 0 aliphatic heterocycles. The second-order valence-corrected chi connectivity index (χ2v) is 6.65. The summed E-state index contributed by atoms with van der Waals surface area (Å²) in [5, 5.41) is 9.63. The summed E-state index contributed by atoms with van der Waals surface area (Å²) in [4.78, 5) is 23.3. The molecule has 0 radical (unpaired) electrons. The molecule has 0 fully saturated rings. The van der Waals surface area contributed by atoms with Crippen molar-refractivity contribution in [3.8, 4) is 0 Å². The van der Waals surface area contributed by atoms with Crippen molar-refractivity contribution >= 4 is 11.8 Å². The summed E-state index contributed by atoms with van der Waals surface area (Å²) in [6.45, 7) is 3.93. The molecule has 21 heavy (non-hydrogen) atoms. The van der Waals surface area contributed by atoms with Crippen molar-refractivity contribution in [1.29, 1.82) is 0 Å². The average Bonchev–Trinajstić information content (AvgIpc) is 2.46. The van der Waals surface area contributed by atoms with Gasteiger partial charge in [-0.25, -0.2) is 0 Å². The minimum absolute atomic E-state index is 0.140. The summed E-state index contributed by atoms with van der Waals surface area (Å²) >= 11 is 0. The number of carbonyl (C=O) groups is 2. The van der Waals surface area contributed by atoms with Crippen LogP contribution in [0.5, 0.6) is 0 Å². The monoisotopic (exact) mass is 286 g/mol. The fraction of sp³-hybridized carbons (Fsp3) is 0.556. The Balaban J connectivity index is 2.10. The van der Waals surface area contributed by atoms with Gasteiger partial charge in [-0.3, -0.25) is 9.59 Å². The third-order valence-electron chi connectivity index (χ3n) is 5.58. The lowest BCUT2D eigenvalue weighted by molar-refractivity contribution is -0.149. The number of allylic oxidation sites excluding steroid dienone is 5. The third kappa shape index (κ3) is 2.10. The molecule has 0 amide bonds. The van der Waals surface area contributed by atoms with Gasteiger partial charge in [0.25, 0.3) is 0 Å². The minimum atomic E-state index is -0.769. The van der Waals surface area contributed by atoms with Crippen LogP contribution in [0.3, 0.4) is 0 Å². The molecule has 3 aliphatic rings. The molecular weight excluding hydrogens is 264 g/mol. The second kappa shape index (κ2) is 4.97. The maximum Gasteiger partial charge on any atom is 0.313 e. The molecule has 0 heterocycles. The van der Waals surface area contributed by atoms with Crippen molar-refractivity contribution in [2.24, 2.45) is 17.3 Å². The van der Waals surface area contributed by atoms with E-state index in [9.17, 15) is 14.7 Å². The third-order valence-corrected chi connectivity index (χ3v) is 5.58. The van der Waals surface area contributed by atoms with E-state index in [4.69, 9.17) is 0 Å². The molecule has 3 atom stereocenters. The van der Waals surface area contributed by atoms with Crippen molar-refractivity contribution in [3.05, 3.63) is 34.9 Å². The van der Waals surface area contributed by atoms with E-state index >= 15 is 0 Å². The Morgan fingerprint density at radius 3 is 2.81 bits per heavy atom. The van der Waals surface area contributed by atoms with Gasteiger partial charge < -0.3 is 5.11 Å². The Morgan fingerprint density at radius 1 is 1.38 bits per heavy atom. The highest BCUT2D eigenvalue weighted by atomic mass is 16.4. The highest BCUT2D eigenvalue weighted by molar-refractivity contribution is 5.93. The van der Waals surface area contributed by atoms with Crippen LogP contribution in [-0.2, 0) is 9.59 Å². The molecule has 3 aliphatic carbocycles. The van der Waals surface area contributed by atoms with Gasteiger partial charge in [0, 0.05) is 6.42 Å². The Morgan fingerprint density at radius 2 is 2.14 bits per heavy atom. The lowest BCUT2D eigenvalue weighted by Gasteiger charge is -2.44. The van der Waals surface area contributed by atoms with Gasteiger partial charge in [0.1, 0.15) is 0 Å². The van der Waals surface area contributed by atoms with Gasteiger partial charge in [0.15, 0.2) is 5.78 Å². The van der Waals surface area contributed by atoms with E-state index in [0.717, 1.165) is 25.7 Å². The molecular formula is C18H22O3. The van der Waals surface area contributed by atoms with Gasteiger partial charge in [-0.05, 0) is 60.8 Å². The van der Waals surface area contributed by atoms with E-state index < -0.39 is 11.4 Å². The Hall–Kier alpha value is -1.64. The number of fused-ring (bicyclic) bond motifs is 2. The Bertz CT molecular complexity index is 594. The number of aliphatic carboxylic acids is 1. The van der Waals surface area contributed by atoms with Crippen LogP contribution in [0.2, 0.25) is 0 Å². The summed E-state index contributed by atoms with van der Waals surface area (Å²) in [5.41, 5.74) is 3.03. The molecule has 1 N–H and O–H groups in total. The van der Waals surface area contributed by atoms with Crippen LogP contribution in [0, 0.1) is 17.3 Å². The molecule has 3 heteroatoms. The topological polar surface area (TPSA) is 54.4 Å². The van der Waals surface area contributed by atoms with E-state index in [1.54, 1.807) is 0 Å². The first-order valence-corrected chi connectivity index (χ1v) is 7.86. The van der Waals surface area contributed by atoms with Crippen molar-refractivity contribution in [2.45, 2.75) is 46.0 Å². The summed E-state index contributed by atoms with van der Waals surface area (Å²) in [7, 11) is 0. The predicted octanol–water partition coefficient (Wildman–Crippen LogP) is 3.67. The van der Waals surface area contributed by atoms with Crippen molar-refractivity contribution in [1.82, 2.24) is 0 Å². The quantitative estimate of drug-likeness (QED) is 0.842. The van der Waals surface area contributed by atoms with E-state index in [-0.39, 0.29) is 11.7 Å². The van der Waals surface area contributed by atoms with E-state index in [1.807, 2.05) is 25.2 Å². The molecule has 0 aromatic rings. The highest BCUT2D eigenvalue weighted by Gasteiger charge is 2.47. The molecule has 0 aromatic heterocycles. The summed E-state index contributed by atoms with van der Waals surface area (Å²) in [5.74, 6) is -0.0343. The summed E-state index contributed by atoms with van der Waals surface area (Å²) in [6, 6.07) is 0. The molecule has 3 rings (SSSR count). The van der Waals surface area contributed by atoms with Crippen LogP contribution < -0.4 is 0 Å². The summed E-state index contributed by atoms with van der Waals surface area (Å²) < 4.78 is 0. The smallest absolute Gasteiger partial charge is 0.313 e. The van der Waals surface area contributed by atoms with Crippen LogP contribution >= 0.6 is 0 Å². The maximum absolute atomic E-state index is 11.7. The number of carbonyl (C=O) groups excluding carboxylic acids is 1. The largest absolute Gasteiger partial charge is 0.481 e. The molecule has 0 saturated carbocycles. The predicted molar refractivity (Wildman–Crippen MR) is 80.7 cm³/mol.